The number of rotatable bonds is 4. The van der Waals surface area contributed by atoms with Gasteiger partial charge in [-0.05, 0) is 24.8 Å². The van der Waals surface area contributed by atoms with Crippen LogP contribution in [0.4, 0.5) is 0 Å². The first-order valence-electron chi connectivity index (χ1n) is 8.80. The SMILES string of the molecule is CC1(c2ccccc2)CCC(=O)N(CCN2CCC(O)CC2)C1. The van der Waals surface area contributed by atoms with E-state index in [1.54, 1.807) is 0 Å². The fourth-order valence-corrected chi connectivity index (χ4v) is 3.81. The second-order valence-corrected chi connectivity index (χ2v) is 7.31. The average Bonchev–Trinajstić information content (AvgIpc) is 2.58. The van der Waals surface area contributed by atoms with Gasteiger partial charge in [0, 0.05) is 44.6 Å². The number of aliphatic hydroxyl groups excluding tert-OH is 1. The van der Waals surface area contributed by atoms with Gasteiger partial charge in [-0.25, -0.2) is 0 Å². The Balaban J connectivity index is 1.59. The number of carbonyl (C=O) groups excluding carboxylic acids is 1. The molecular weight excluding hydrogens is 288 g/mol. The van der Waals surface area contributed by atoms with E-state index in [0.29, 0.717) is 6.42 Å². The smallest absolute Gasteiger partial charge is 0.222 e. The highest BCUT2D eigenvalue weighted by Crippen LogP contribution is 2.33. The first kappa shape index (κ1) is 16.5. The fraction of sp³-hybridized carbons (Fsp3) is 0.632. The number of hydrogen-bond acceptors (Lipinski definition) is 3. The lowest BCUT2D eigenvalue weighted by atomic mass is 9.75. The van der Waals surface area contributed by atoms with Gasteiger partial charge in [0.2, 0.25) is 5.91 Å². The van der Waals surface area contributed by atoms with Crippen LogP contribution in [-0.4, -0.2) is 59.6 Å². The molecule has 2 fully saturated rings. The molecule has 1 aromatic carbocycles. The zero-order valence-corrected chi connectivity index (χ0v) is 14.1. The maximum absolute atomic E-state index is 12.3. The molecular formula is C19H28N2O2. The largest absolute Gasteiger partial charge is 0.393 e. The summed E-state index contributed by atoms with van der Waals surface area (Å²) in [4.78, 5) is 16.7. The van der Waals surface area contributed by atoms with E-state index in [1.165, 1.54) is 5.56 Å². The molecule has 4 nitrogen and oxygen atoms in total. The van der Waals surface area contributed by atoms with E-state index < -0.39 is 0 Å². The zero-order valence-electron chi connectivity index (χ0n) is 14.1. The summed E-state index contributed by atoms with van der Waals surface area (Å²) >= 11 is 0. The van der Waals surface area contributed by atoms with Gasteiger partial charge in [-0.15, -0.1) is 0 Å². The summed E-state index contributed by atoms with van der Waals surface area (Å²) < 4.78 is 0. The quantitative estimate of drug-likeness (QED) is 0.924. The highest BCUT2D eigenvalue weighted by molar-refractivity contribution is 5.77. The van der Waals surface area contributed by atoms with E-state index in [2.05, 4.69) is 36.1 Å². The minimum absolute atomic E-state index is 0.0628. The molecule has 4 heteroatoms. The molecule has 1 amide bonds. The summed E-state index contributed by atoms with van der Waals surface area (Å²) in [5.41, 5.74) is 1.39. The van der Waals surface area contributed by atoms with Gasteiger partial charge in [-0.1, -0.05) is 37.3 Å². The van der Waals surface area contributed by atoms with Crippen LogP contribution in [0.15, 0.2) is 30.3 Å². The Hall–Kier alpha value is -1.39. The molecule has 0 aromatic heterocycles. The summed E-state index contributed by atoms with van der Waals surface area (Å²) in [5.74, 6) is 0.287. The Kier molecular flexibility index (Phi) is 5.02. The minimum atomic E-state index is -0.135. The molecule has 2 aliphatic heterocycles. The summed E-state index contributed by atoms with van der Waals surface area (Å²) in [6, 6.07) is 10.6. The predicted octanol–water partition coefficient (Wildman–Crippen LogP) is 2.02. The van der Waals surface area contributed by atoms with Crippen LogP contribution in [0.5, 0.6) is 0 Å². The normalized spacial score (nSPS) is 27.4. The van der Waals surface area contributed by atoms with Gasteiger partial charge in [0.05, 0.1) is 6.10 Å². The van der Waals surface area contributed by atoms with Crippen molar-refractivity contribution in [2.24, 2.45) is 0 Å². The number of piperidine rings is 2. The van der Waals surface area contributed by atoms with E-state index in [4.69, 9.17) is 0 Å². The molecule has 1 N–H and O–H groups in total. The second-order valence-electron chi connectivity index (χ2n) is 7.31. The van der Waals surface area contributed by atoms with Crippen LogP contribution in [0.3, 0.4) is 0 Å². The van der Waals surface area contributed by atoms with E-state index >= 15 is 0 Å². The summed E-state index contributed by atoms with van der Waals surface area (Å²) in [7, 11) is 0. The van der Waals surface area contributed by atoms with Crippen molar-refractivity contribution in [3.05, 3.63) is 35.9 Å². The fourth-order valence-electron chi connectivity index (χ4n) is 3.81. The number of carbonyl (C=O) groups is 1. The molecule has 0 spiro atoms. The molecule has 126 valence electrons. The molecule has 3 rings (SSSR count). The number of benzene rings is 1. The van der Waals surface area contributed by atoms with Gasteiger partial charge in [-0.2, -0.15) is 0 Å². The van der Waals surface area contributed by atoms with Gasteiger partial charge in [0.1, 0.15) is 0 Å². The molecule has 2 aliphatic rings. The lowest BCUT2D eigenvalue weighted by Gasteiger charge is -2.41. The Labute approximate surface area is 139 Å². The van der Waals surface area contributed by atoms with E-state index in [0.717, 1.165) is 52.0 Å². The maximum Gasteiger partial charge on any atom is 0.222 e. The number of hydrogen-bond donors (Lipinski definition) is 1. The summed E-state index contributed by atoms with van der Waals surface area (Å²) in [6.07, 6.45) is 3.15. The van der Waals surface area contributed by atoms with Crippen LogP contribution < -0.4 is 0 Å². The Bertz CT molecular complexity index is 525. The van der Waals surface area contributed by atoms with E-state index in [-0.39, 0.29) is 17.4 Å². The number of nitrogens with zero attached hydrogens (tertiary/aromatic N) is 2. The summed E-state index contributed by atoms with van der Waals surface area (Å²) in [6.45, 7) is 6.70. The Morgan fingerprint density at radius 2 is 1.87 bits per heavy atom. The lowest BCUT2D eigenvalue weighted by Crippen LogP contribution is -2.50. The van der Waals surface area contributed by atoms with Crippen LogP contribution in [0, 0.1) is 0 Å². The minimum Gasteiger partial charge on any atom is -0.393 e. The van der Waals surface area contributed by atoms with Crippen molar-refractivity contribution in [3.8, 4) is 0 Å². The lowest BCUT2D eigenvalue weighted by molar-refractivity contribution is -0.135. The standard InChI is InChI=1S/C19H28N2O2/c1-19(16-5-3-2-4-6-16)10-7-18(23)21(15-19)14-13-20-11-8-17(22)9-12-20/h2-6,17,22H,7-15H2,1H3. The molecule has 23 heavy (non-hydrogen) atoms. The highest BCUT2D eigenvalue weighted by Gasteiger charge is 2.36. The van der Waals surface area contributed by atoms with Crippen molar-refractivity contribution < 1.29 is 9.90 Å². The zero-order chi connectivity index (χ0) is 16.3. The van der Waals surface area contributed by atoms with Gasteiger partial charge in [0.15, 0.2) is 0 Å². The average molecular weight is 316 g/mol. The third-order valence-corrected chi connectivity index (χ3v) is 5.50. The number of likely N-dealkylation sites (tertiary alicyclic amines) is 2. The highest BCUT2D eigenvalue weighted by atomic mass is 16.3. The molecule has 1 unspecified atom stereocenters. The molecule has 1 aromatic rings. The summed E-state index contributed by atoms with van der Waals surface area (Å²) in [5, 5.41) is 9.59. The number of amides is 1. The van der Waals surface area contributed by atoms with Gasteiger partial charge < -0.3 is 14.9 Å². The van der Waals surface area contributed by atoms with Crippen molar-refractivity contribution in [1.82, 2.24) is 9.80 Å². The Morgan fingerprint density at radius 1 is 1.17 bits per heavy atom. The van der Waals surface area contributed by atoms with E-state index in [1.807, 2.05) is 11.0 Å². The third kappa shape index (κ3) is 3.93. The van der Waals surface area contributed by atoms with E-state index in [9.17, 15) is 9.90 Å². The van der Waals surface area contributed by atoms with Crippen molar-refractivity contribution in [1.29, 1.82) is 0 Å². The molecule has 0 saturated carbocycles. The van der Waals surface area contributed by atoms with Gasteiger partial charge >= 0.3 is 0 Å². The maximum atomic E-state index is 12.3. The molecule has 2 saturated heterocycles. The Morgan fingerprint density at radius 3 is 2.57 bits per heavy atom. The van der Waals surface area contributed by atoms with Crippen LogP contribution in [0.2, 0.25) is 0 Å². The van der Waals surface area contributed by atoms with Crippen molar-refractivity contribution >= 4 is 5.91 Å². The molecule has 1 atom stereocenters. The molecule has 0 bridgehead atoms. The van der Waals surface area contributed by atoms with Crippen LogP contribution in [-0.2, 0) is 10.2 Å². The number of aliphatic hydroxyl groups is 1. The van der Waals surface area contributed by atoms with Gasteiger partial charge in [-0.3, -0.25) is 4.79 Å². The predicted molar refractivity (Wildman–Crippen MR) is 91.3 cm³/mol. The topological polar surface area (TPSA) is 43.8 Å². The van der Waals surface area contributed by atoms with Crippen LogP contribution in [0.25, 0.3) is 0 Å². The van der Waals surface area contributed by atoms with Gasteiger partial charge in [0.25, 0.3) is 0 Å². The monoisotopic (exact) mass is 316 g/mol. The second kappa shape index (κ2) is 7.02. The van der Waals surface area contributed by atoms with Crippen molar-refractivity contribution in [3.63, 3.8) is 0 Å². The molecule has 2 heterocycles. The van der Waals surface area contributed by atoms with Crippen molar-refractivity contribution in [2.45, 2.75) is 44.1 Å². The first-order valence-corrected chi connectivity index (χ1v) is 8.80. The third-order valence-electron chi connectivity index (χ3n) is 5.50. The first-order chi connectivity index (χ1) is 11.1. The van der Waals surface area contributed by atoms with Crippen LogP contribution >= 0.6 is 0 Å². The van der Waals surface area contributed by atoms with Crippen molar-refractivity contribution in [2.75, 3.05) is 32.7 Å². The molecule has 0 aliphatic carbocycles. The van der Waals surface area contributed by atoms with Crippen LogP contribution in [0.1, 0.15) is 38.2 Å². The molecule has 0 radical (unpaired) electrons.